The van der Waals surface area contributed by atoms with Crippen LogP contribution in [0.5, 0.6) is 0 Å². The highest BCUT2D eigenvalue weighted by Gasteiger charge is 2.03. The van der Waals surface area contributed by atoms with Crippen molar-refractivity contribution < 1.29 is 4.74 Å². The molecular weight excluding hydrogens is 254 g/mol. The lowest BCUT2D eigenvalue weighted by Crippen LogP contribution is -2.11. The van der Waals surface area contributed by atoms with E-state index in [0.29, 0.717) is 11.9 Å². The summed E-state index contributed by atoms with van der Waals surface area (Å²) in [5.41, 5.74) is 0. The zero-order valence-electron chi connectivity index (χ0n) is 10.9. The van der Waals surface area contributed by atoms with Gasteiger partial charge in [-0.1, -0.05) is 6.92 Å². The van der Waals surface area contributed by atoms with Crippen molar-refractivity contribution in [3.63, 3.8) is 0 Å². The Hall–Kier alpha value is -1.14. The molecule has 6 nitrogen and oxygen atoms in total. The number of aromatic nitrogens is 3. The van der Waals surface area contributed by atoms with Crippen molar-refractivity contribution >= 4 is 23.5 Å². The number of nitrogens with one attached hydrogen (secondary N) is 2. The second kappa shape index (κ2) is 8.88. The van der Waals surface area contributed by atoms with Gasteiger partial charge >= 0.3 is 0 Å². The van der Waals surface area contributed by atoms with Crippen LogP contribution in [-0.2, 0) is 4.74 Å². The summed E-state index contributed by atoms with van der Waals surface area (Å²) >= 11 is 5.83. The molecule has 18 heavy (non-hydrogen) atoms. The van der Waals surface area contributed by atoms with Crippen LogP contribution in [0.15, 0.2) is 0 Å². The van der Waals surface area contributed by atoms with E-state index in [2.05, 4.69) is 32.5 Å². The largest absolute Gasteiger partial charge is 0.385 e. The first-order valence-corrected chi connectivity index (χ1v) is 6.52. The molecule has 102 valence electrons. The Kier molecular flexibility index (Phi) is 7.36. The molecule has 0 fully saturated rings. The lowest BCUT2D eigenvalue weighted by atomic mass is 10.3. The summed E-state index contributed by atoms with van der Waals surface area (Å²) in [7, 11) is 1.70. The number of unbranched alkanes of at least 4 members (excludes halogenated alkanes) is 1. The second-order valence-electron chi connectivity index (χ2n) is 3.81. The molecular formula is C11H20ClN5O. The van der Waals surface area contributed by atoms with E-state index in [0.717, 1.165) is 39.0 Å². The zero-order valence-corrected chi connectivity index (χ0v) is 11.6. The molecule has 2 N–H and O–H groups in total. The van der Waals surface area contributed by atoms with Gasteiger partial charge in [0, 0.05) is 26.8 Å². The Bertz CT molecular complexity index is 350. The van der Waals surface area contributed by atoms with Crippen molar-refractivity contribution in [1.29, 1.82) is 0 Å². The van der Waals surface area contributed by atoms with E-state index in [9.17, 15) is 0 Å². The monoisotopic (exact) mass is 273 g/mol. The normalized spacial score (nSPS) is 10.4. The van der Waals surface area contributed by atoms with Gasteiger partial charge in [-0.25, -0.2) is 0 Å². The molecule has 7 heteroatoms. The van der Waals surface area contributed by atoms with Crippen molar-refractivity contribution in [2.75, 3.05) is 37.4 Å². The molecule has 1 aromatic rings. The van der Waals surface area contributed by atoms with Crippen LogP contribution in [0.1, 0.15) is 26.2 Å². The zero-order chi connectivity index (χ0) is 13.2. The van der Waals surface area contributed by atoms with E-state index >= 15 is 0 Å². The number of methoxy groups -OCH3 is 1. The molecule has 0 amide bonds. The van der Waals surface area contributed by atoms with Crippen molar-refractivity contribution in [2.24, 2.45) is 0 Å². The molecule has 0 atom stereocenters. The SMILES string of the molecule is CCCNc1nc(Cl)nc(NCCCCOC)n1. The number of rotatable bonds is 9. The molecule has 0 saturated carbocycles. The van der Waals surface area contributed by atoms with Gasteiger partial charge in [-0.3, -0.25) is 0 Å². The molecule has 1 aromatic heterocycles. The number of ether oxygens (including phenoxy) is 1. The summed E-state index contributed by atoms with van der Waals surface area (Å²) in [5, 5.41) is 6.40. The number of nitrogens with zero attached hydrogens (tertiary/aromatic N) is 3. The molecule has 0 saturated heterocycles. The van der Waals surface area contributed by atoms with E-state index in [1.54, 1.807) is 7.11 Å². The maximum Gasteiger partial charge on any atom is 0.228 e. The maximum atomic E-state index is 5.83. The molecule has 0 spiro atoms. The lowest BCUT2D eigenvalue weighted by molar-refractivity contribution is 0.193. The predicted octanol–water partition coefficient (Wildman–Crippen LogP) is 2.19. The molecule has 0 unspecified atom stereocenters. The molecule has 1 rings (SSSR count). The Balaban J connectivity index is 2.41. The van der Waals surface area contributed by atoms with Gasteiger partial charge < -0.3 is 15.4 Å². The fourth-order valence-corrected chi connectivity index (χ4v) is 1.48. The van der Waals surface area contributed by atoms with Crippen LogP contribution in [0.3, 0.4) is 0 Å². The average molecular weight is 274 g/mol. The van der Waals surface area contributed by atoms with Crippen LogP contribution >= 0.6 is 11.6 Å². The standard InChI is InChI=1S/C11H20ClN5O/c1-3-6-13-10-15-9(12)16-11(17-10)14-7-4-5-8-18-2/h3-8H2,1-2H3,(H2,13,14,15,16,17). The van der Waals surface area contributed by atoms with Crippen molar-refractivity contribution in [2.45, 2.75) is 26.2 Å². The van der Waals surface area contributed by atoms with Gasteiger partial charge in [0.15, 0.2) is 0 Å². The quantitative estimate of drug-likeness (QED) is 0.672. The third kappa shape index (κ3) is 5.97. The summed E-state index contributed by atoms with van der Waals surface area (Å²) in [6.07, 6.45) is 3.00. The highest BCUT2D eigenvalue weighted by molar-refractivity contribution is 6.28. The number of halogens is 1. The van der Waals surface area contributed by atoms with Crippen LogP contribution in [0.2, 0.25) is 5.28 Å². The van der Waals surface area contributed by atoms with Crippen LogP contribution in [0.25, 0.3) is 0 Å². The average Bonchev–Trinajstić information content (AvgIpc) is 2.35. The van der Waals surface area contributed by atoms with Crippen molar-refractivity contribution in [3.8, 4) is 0 Å². The lowest BCUT2D eigenvalue weighted by Gasteiger charge is -2.07. The maximum absolute atomic E-state index is 5.83. The van der Waals surface area contributed by atoms with E-state index in [4.69, 9.17) is 16.3 Å². The minimum Gasteiger partial charge on any atom is -0.385 e. The number of hydrogen-bond acceptors (Lipinski definition) is 6. The molecule has 0 aliphatic heterocycles. The topological polar surface area (TPSA) is 72.0 Å². The Morgan fingerprint density at radius 3 is 2.33 bits per heavy atom. The second-order valence-corrected chi connectivity index (χ2v) is 4.14. The number of hydrogen-bond donors (Lipinski definition) is 2. The van der Waals surface area contributed by atoms with Crippen LogP contribution in [0.4, 0.5) is 11.9 Å². The van der Waals surface area contributed by atoms with E-state index < -0.39 is 0 Å². The first-order chi connectivity index (χ1) is 8.76. The summed E-state index contributed by atoms with van der Waals surface area (Å²) in [4.78, 5) is 12.3. The Morgan fingerprint density at radius 2 is 1.72 bits per heavy atom. The van der Waals surface area contributed by atoms with Gasteiger partial charge in [0.25, 0.3) is 0 Å². The fraction of sp³-hybridized carbons (Fsp3) is 0.727. The minimum atomic E-state index is 0.197. The van der Waals surface area contributed by atoms with E-state index in [-0.39, 0.29) is 5.28 Å². The van der Waals surface area contributed by atoms with Crippen LogP contribution < -0.4 is 10.6 Å². The fourth-order valence-electron chi connectivity index (χ4n) is 1.32. The molecule has 0 bridgehead atoms. The van der Waals surface area contributed by atoms with Gasteiger partial charge in [0.05, 0.1) is 0 Å². The highest BCUT2D eigenvalue weighted by Crippen LogP contribution is 2.09. The summed E-state index contributed by atoms with van der Waals surface area (Å²) in [6, 6.07) is 0. The highest BCUT2D eigenvalue weighted by atomic mass is 35.5. The Morgan fingerprint density at radius 1 is 1.06 bits per heavy atom. The van der Waals surface area contributed by atoms with Crippen molar-refractivity contribution in [1.82, 2.24) is 15.0 Å². The molecule has 0 aliphatic rings. The third-order valence-electron chi connectivity index (χ3n) is 2.20. The van der Waals surface area contributed by atoms with Crippen molar-refractivity contribution in [3.05, 3.63) is 5.28 Å². The summed E-state index contributed by atoms with van der Waals surface area (Å²) in [6.45, 7) is 4.44. The predicted molar refractivity (Wildman–Crippen MR) is 73.2 cm³/mol. The molecule has 0 aromatic carbocycles. The van der Waals surface area contributed by atoms with Gasteiger partial charge in [0.2, 0.25) is 17.2 Å². The first-order valence-electron chi connectivity index (χ1n) is 6.14. The molecule has 1 heterocycles. The smallest absolute Gasteiger partial charge is 0.228 e. The van der Waals surface area contributed by atoms with E-state index in [1.807, 2.05) is 0 Å². The van der Waals surface area contributed by atoms with Crippen LogP contribution in [-0.4, -0.2) is 41.8 Å². The molecule has 0 radical (unpaired) electrons. The number of anilines is 2. The Labute approximate surface area is 113 Å². The summed E-state index contributed by atoms with van der Waals surface area (Å²) in [5.74, 6) is 1.02. The van der Waals surface area contributed by atoms with E-state index in [1.165, 1.54) is 0 Å². The summed E-state index contributed by atoms with van der Waals surface area (Å²) < 4.78 is 4.98. The minimum absolute atomic E-state index is 0.197. The third-order valence-corrected chi connectivity index (χ3v) is 2.37. The van der Waals surface area contributed by atoms with Gasteiger partial charge in [-0.05, 0) is 30.9 Å². The molecule has 0 aliphatic carbocycles. The van der Waals surface area contributed by atoms with Crippen LogP contribution in [0, 0.1) is 0 Å². The van der Waals surface area contributed by atoms with Gasteiger partial charge in [0.1, 0.15) is 0 Å². The van der Waals surface area contributed by atoms with Gasteiger partial charge in [-0.15, -0.1) is 0 Å². The first kappa shape index (κ1) is 14.9. The van der Waals surface area contributed by atoms with Gasteiger partial charge in [-0.2, -0.15) is 15.0 Å².